The van der Waals surface area contributed by atoms with E-state index in [9.17, 15) is 9.59 Å². The van der Waals surface area contributed by atoms with Crippen LogP contribution >= 0.6 is 11.6 Å². The standard InChI is InChI=1S/C24H31ClN2O2/c1-6-21(23(29)26-24(3,4)5)27(16-19-11-7-9-17(2)13-19)22(28)15-18-10-8-12-20(25)14-18/h7-14,21H,6,15-16H2,1-5H3,(H,26,29). The summed E-state index contributed by atoms with van der Waals surface area (Å²) >= 11 is 6.08. The Morgan fingerprint density at radius 1 is 1.07 bits per heavy atom. The van der Waals surface area contributed by atoms with Gasteiger partial charge < -0.3 is 10.2 Å². The molecule has 2 rings (SSSR count). The fourth-order valence-corrected chi connectivity index (χ4v) is 3.52. The predicted molar refractivity (Wildman–Crippen MR) is 119 cm³/mol. The molecule has 0 bridgehead atoms. The zero-order chi connectivity index (χ0) is 21.6. The monoisotopic (exact) mass is 414 g/mol. The van der Waals surface area contributed by atoms with E-state index in [0.717, 1.165) is 16.7 Å². The van der Waals surface area contributed by atoms with E-state index in [1.54, 1.807) is 17.0 Å². The Bertz CT molecular complexity index is 858. The highest BCUT2D eigenvalue weighted by molar-refractivity contribution is 6.30. The highest BCUT2D eigenvalue weighted by atomic mass is 35.5. The summed E-state index contributed by atoms with van der Waals surface area (Å²) < 4.78 is 0. The number of aryl methyl sites for hydroxylation is 1. The molecule has 1 unspecified atom stereocenters. The first-order chi connectivity index (χ1) is 13.6. The maximum atomic E-state index is 13.3. The SMILES string of the molecule is CCC(C(=O)NC(C)(C)C)N(Cc1cccc(C)c1)C(=O)Cc1cccc(Cl)c1. The average molecular weight is 415 g/mol. The second kappa shape index (κ2) is 9.93. The van der Waals surface area contributed by atoms with Crippen LogP contribution in [0, 0.1) is 6.92 Å². The van der Waals surface area contributed by atoms with Gasteiger partial charge in [-0.05, 0) is 57.4 Å². The van der Waals surface area contributed by atoms with Crippen LogP contribution in [0.5, 0.6) is 0 Å². The predicted octanol–water partition coefficient (Wildman–Crippen LogP) is 4.91. The summed E-state index contributed by atoms with van der Waals surface area (Å²) in [6, 6.07) is 14.8. The van der Waals surface area contributed by atoms with Crippen LogP contribution in [-0.4, -0.2) is 28.3 Å². The van der Waals surface area contributed by atoms with Gasteiger partial charge in [-0.25, -0.2) is 0 Å². The first kappa shape index (κ1) is 23.0. The van der Waals surface area contributed by atoms with Crippen LogP contribution in [0.3, 0.4) is 0 Å². The topological polar surface area (TPSA) is 49.4 Å². The molecule has 156 valence electrons. The summed E-state index contributed by atoms with van der Waals surface area (Å²) in [7, 11) is 0. The number of nitrogens with one attached hydrogen (secondary N) is 1. The third-order valence-electron chi connectivity index (χ3n) is 4.56. The van der Waals surface area contributed by atoms with Gasteiger partial charge in [-0.1, -0.05) is 60.5 Å². The van der Waals surface area contributed by atoms with E-state index in [4.69, 9.17) is 11.6 Å². The van der Waals surface area contributed by atoms with Crippen molar-refractivity contribution in [2.45, 2.75) is 65.6 Å². The molecule has 5 heteroatoms. The van der Waals surface area contributed by atoms with Gasteiger partial charge in [-0.15, -0.1) is 0 Å². The molecule has 2 aromatic carbocycles. The number of hydrogen-bond donors (Lipinski definition) is 1. The van der Waals surface area contributed by atoms with E-state index < -0.39 is 6.04 Å². The molecule has 0 saturated carbocycles. The van der Waals surface area contributed by atoms with E-state index in [1.165, 1.54) is 0 Å². The molecule has 0 heterocycles. The number of hydrogen-bond acceptors (Lipinski definition) is 2. The van der Waals surface area contributed by atoms with Crippen LogP contribution in [0.1, 0.15) is 50.8 Å². The second-order valence-corrected chi connectivity index (χ2v) is 8.92. The van der Waals surface area contributed by atoms with Crippen molar-refractivity contribution in [2.24, 2.45) is 0 Å². The number of carbonyl (C=O) groups excluding carboxylic acids is 2. The molecule has 0 aliphatic heterocycles. The zero-order valence-electron chi connectivity index (χ0n) is 18.0. The third kappa shape index (κ3) is 7.21. The number of carbonyl (C=O) groups is 2. The number of rotatable bonds is 7. The van der Waals surface area contributed by atoms with Gasteiger partial charge in [0.25, 0.3) is 0 Å². The van der Waals surface area contributed by atoms with Crippen molar-refractivity contribution >= 4 is 23.4 Å². The summed E-state index contributed by atoms with van der Waals surface area (Å²) in [5.74, 6) is -0.225. The van der Waals surface area contributed by atoms with Crippen LogP contribution < -0.4 is 5.32 Å². The number of nitrogens with zero attached hydrogens (tertiary/aromatic N) is 1. The van der Waals surface area contributed by atoms with Gasteiger partial charge in [0, 0.05) is 17.1 Å². The molecule has 2 aromatic rings. The molecule has 29 heavy (non-hydrogen) atoms. The van der Waals surface area contributed by atoms with E-state index in [1.807, 2.05) is 71.0 Å². The van der Waals surface area contributed by atoms with Gasteiger partial charge in [0.05, 0.1) is 6.42 Å². The molecule has 1 atom stereocenters. The first-order valence-electron chi connectivity index (χ1n) is 10.0. The molecule has 2 amide bonds. The van der Waals surface area contributed by atoms with Gasteiger partial charge in [-0.2, -0.15) is 0 Å². The van der Waals surface area contributed by atoms with Crippen molar-refractivity contribution in [2.75, 3.05) is 0 Å². The Balaban J connectivity index is 2.32. The smallest absolute Gasteiger partial charge is 0.243 e. The summed E-state index contributed by atoms with van der Waals surface area (Å²) in [4.78, 5) is 28.0. The molecule has 1 N–H and O–H groups in total. The lowest BCUT2D eigenvalue weighted by Gasteiger charge is -2.33. The molecule has 0 aliphatic carbocycles. The zero-order valence-corrected chi connectivity index (χ0v) is 18.7. The van der Waals surface area contributed by atoms with Crippen molar-refractivity contribution in [3.05, 3.63) is 70.2 Å². The van der Waals surface area contributed by atoms with Crippen LogP contribution in [0.15, 0.2) is 48.5 Å². The van der Waals surface area contributed by atoms with Crippen LogP contribution in [0.2, 0.25) is 5.02 Å². The van der Waals surface area contributed by atoms with Gasteiger partial charge in [0.15, 0.2) is 0 Å². The maximum absolute atomic E-state index is 13.3. The Morgan fingerprint density at radius 2 is 1.72 bits per heavy atom. The molecule has 0 radical (unpaired) electrons. The molecular formula is C24H31ClN2O2. The molecule has 0 aliphatic rings. The summed E-state index contributed by atoms with van der Waals surface area (Å²) in [5.41, 5.74) is 2.60. The van der Waals surface area contributed by atoms with Gasteiger partial charge >= 0.3 is 0 Å². The summed E-state index contributed by atoms with van der Waals surface area (Å²) in [5, 5.41) is 3.62. The molecule has 0 aromatic heterocycles. The van der Waals surface area contributed by atoms with Crippen LogP contribution in [-0.2, 0) is 22.6 Å². The average Bonchev–Trinajstić information content (AvgIpc) is 2.60. The normalized spacial score (nSPS) is 12.3. The Kier molecular flexibility index (Phi) is 7.86. The molecule has 0 spiro atoms. The minimum atomic E-state index is -0.540. The Labute approximate surface area is 179 Å². The van der Waals surface area contributed by atoms with Crippen molar-refractivity contribution in [1.29, 1.82) is 0 Å². The lowest BCUT2D eigenvalue weighted by atomic mass is 10.0. The number of halogens is 1. The summed E-state index contributed by atoms with van der Waals surface area (Å²) in [6.45, 7) is 10.2. The first-order valence-corrected chi connectivity index (χ1v) is 10.4. The quantitative estimate of drug-likeness (QED) is 0.699. The van der Waals surface area contributed by atoms with Crippen molar-refractivity contribution in [3.63, 3.8) is 0 Å². The van der Waals surface area contributed by atoms with Crippen molar-refractivity contribution < 1.29 is 9.59 Å². The van der Waals surface area contributed by atoms with E-state index in [-0.39, 0.29) is 23.8 Å². The molecule has 0 fully saturated rings. The van der Waals surface area contributed by atoms with Crippen molar-refractivity contribution in [1.82, 2.24) is 10.2 Å². The van der Waals surface area contributed by atoms with Gasteiger partial charge in [0.1, 0.15) is 6.04 Å². The largest absolute Gasteiger partial charge is 0.350 e. The van der Waals surface area contributed by atoms with E-state index >= 15 is 0 Å². The van der Waals surface area contributed by atoms with Crippen LogP contribution in [0.4, 0.5) is 0 Å². The number of amides is 2. The minimum Gasteiger partial charge on any atom is -0.350 e. The number of benzene rings is 2. The highest BCUT2D eigenvalue weighted by Crippen LogP contribution is 2.18. The highest BCUT2D eigenvalue weighted by Gasteiger charge is 2.30. The third-order valence-corrected chi connectivity index (χ3v) is 4.80. The molecular weight excluding hydrogens is 384 g/mol. The molecule has 4 nitrogen and oxygen atoms in total. The van der Waals surface area contributed by atoms with Crippen molar-refractivity contribution in [3.8, 4) is 0 Å². The Hall–Kier alpha value is -2.33. The van der Waals surface area contributed by atoms with E-state index in [2.05, 4.69) is 5.32 Å². The summed E-state index contributed by atoms with van der Waals surface area (Å²) in [6.07, 6.45) is 0.737. The maximum Gasteiger partial charge on any atom is 0.243 e. The fourth-order valence-electron chi connectivity index (χ4n) is 3.30. The fraction of sp³-hybridized carbons (Fsp3) is 0.417. The lowest BCUT2D eigenvalue weighted by Crippen LogP contribution is -2.53. The minimum absolute atomic E-state index is 0.0929. The Morgan fingerprint density at radius 3 is 2.31 bits per heavy atom. The molecule has 0 saturated heterocycles. The van der Waals surface area contributed by atoms with Crippen LogP contribution in [0.25, 0.3) is 0 Å². The van der Waals surface area contributed by atoms with Gasteiger partial charge in [0.2, 0.25) is 11.8 Å². The van der Waals surface area contributed by atoms with Gasteiger partial charge in [-0.3, -0.25) is 9.59 Å². The second-order valence-electron chi connectivity index (χ2n) is 8.48. The lowest BCUT2D eigenvalue weighted by molar-refractivity contribution is -0.141. The van der Waals surface area contributed by atoms with E-state index in [0.29, 0.717) is 18.0 Å².